The summed E-state index contributed by atoms with van der Waals surface area (Å²) in [6.45, 7) is 1.44. The number of carbonyl (C=O) groups is 2. The van der Waals surface area contributed by atoms with E-state index in [4.69, 9.17) is 4.74 Å². The van der Waals surface area contributed by atoms with Gasteiger partial charge in [-0.15, -0.1) is 0 Å². The molecule has 0 aromatic heterocycles. The molecule has 0 spiro atoms. The predicted molar refractivity (Wildman–Crippen MR) is 109 cm³/mol. The normalized spacial score (nSPS) is 11.3. The molecule has 0 aliphatic rings. The number of amides is 2. The second-order valence-electron chi connectivity index (χ2n) is 6.33. The fourth-order valence-electron chi connectivity index (χ4n) is 2.84. The van der Waals surface area contributed by atoms with E-state index in [-0.39, 0.29) is 18.2 Å². The Balaban J connectivity index is 1.72. The number of rotatable bonds is 7. The summed E-state index contributed by atoms with van der Waals surface area (Å²) in [5.41, 5.74) is 1.45. The van der Waals surface area contributed by atoms with Gasteiger partial charge in [0.25, 0.3) is 0 Å². The molecule has 2 amide bonds. The van der Waals surface area contributed by atoms with Gasteiger partial charge in [-0.05, 0) is 29.8 Å². The number of benzene rings is 3. The van der Waals surface area contributed by atoms with Crippen molar-refractivity contribution < 1.29 is 14.3 Å². The van der Waals surface area contributed by atoms with Crippen LogP contribution < -0.4 is 15.4 Å². The summed E-state index contributed by atoms with van der Waals surface area (Å²) in [5.74, 6) is 0.837. The minimum Gasteiger partial charge on any atom is -0.455 e. The molecular formula is C23H22N2O3. The van der Waals surface area contributed by atoms with Gasteiger partial charge in [0.05, 0.1) is 18.2 Å². The first-order chi connectivity index (χ1) is 13.6. The van der Waals surface area contributed by atoms with Gasteiger partial charge in [-0.2, -0.15) is 0 Å². The van der Waals surface area contributed by atoms with E-state index >= 15 is 0 Å². The molecule has 3 aromatic rings. The van der Waals surface area contributed by atoms with Gasteiger partial charge in [0.1, 0.15) is 5.75 Å². The van der Waals surface area contributed by atoms with E-state index in [0.717, 1.165) is 5.56 Å². The van der Waals surface area contributed by atoms with Crippen molar-refractivity contribution in [2.75, 3.05) is 5.32 Å². The highest BCUT2D eigenvalue weighted by atomic mass is 16.5. The topological polar surface area (TPSA) is 67.4 Å². The molecule has 0 saturated carbocycles. The molecule has 5 nitrogen and oxygen atoms in total. The van der Waals surface area contributed by atoms with E-state index in [1.54, 1.807) is 12.1 Å². The van der Waals surface area contributed by atoms with Gasteiger partial charge in [-0.25, -0.2) is 0 Å². The molecule has 142 valence electrons. The molecule has 0 bridgehead atoms. The largest absolute Gasteiger partial charge is 0.455 e. The van der Waals surface area contributed by atoms with E-state index in [9.17, 15) is 9.59 Å². The molecule has 3 rings (SSSR count). The predicted octanol–water partition coefficient (Wildman–Crippen LogP) is 4.68. The number of carbonyl (C=O) groups excluding carboxylic acids is 2. The summed E-state index contributed by atoms with van der Waals surface area (Å²) in [6.07, 6.45) is 0.114. The summed E-state index contributed by atoms with van der Waals surface area (Å²) < 4.78 is 5.88. The summed E-state index contributed by atoms with van der Waals surface area (Å²) >= 11 is 0. The summed E-state index contributed by atoms with van der Waals surface area (Å²) in [7, 11) is 0. The van der Waals surface area contributed by atoms with Crippen LogP contribution in [0.3, 0.4) is 0 Å². The Morgan fingerprint density at radius 1 is 0.857 bits per heavy atom. The van der Waals surface area contributed by atoms with Gasteiger partial charge in [0.2, 0.25) is 11.8 Å². The summed E-state index contributed by atoms with van der Waals surface area (Å²) in [4.78, 5) is 24.2. The number of hydrogen-bond acceptors (Lipinski definition) is 3. The van der Waals surface area contributed by atoms with Gasteiger partial charge in [-0.3, -0.25) is 9.59 Å². The average Bonchev–Trinajstić information content (AvgIpc) is 2.70. The molecule has 0 radical (unpaired) electrons. The van der Waals surface area contributed by atoms with Crippen molar-refractivity contribution in [3.8, 4) is 11.5 Å². The second-order valence-corrected chi connectivity index (χ2v) is 6.33. The Labute approximate surface area is 164 Å². The quantitative estimate of drug-likeness (QED) is 0.631. The van der Waals surface area contributed by atoms with Crippen molar-refractivity contribution in [3.63, 3.8) is 0 Å². The molecule has 5 heteroatoms. The fourth-order valence-corrected chi connectivity index (χ4v) is 2.84. The Hall–Kier alpha value is -3.60. The molecule has 0 saturated heterocycles. The highest BCUT2D eigenvalue weighted by Gasteiger charge is 2.18. The zero-order valence-electron chi connectivity index (χ0n) is 15.6. The van der Waals surface area contributed by atoms with Gasteiger partial charge in [0.15, 0.2) is 5.75 Å². The monoisotopic (exact) mass is 374 g/mol. The number of hydrogen-bond donors (Lipinski definition) is 2. The van der Waals surface area contributed by atoms with Gasteiger partial charge >= 0.3 is 0 Å². The second kappa shape index (κ2) is 9.37. The maximum atomic E-state index is 12.7. The SMILES string of the molecule is CC(=O)N[C@@H](CC(=O)Nc1ccccc1Oc1ccccc1)c1ccccc1. The number of para-hydroxylation sites is 3. The van der Waals surface area contributed by atoms with Crippen LogP contribution in [-0.4, -0.2) is 11.8 Å². The first-order valence-electron chi connectivity index (χ1n) is 9.05. The van der Waals surface area contributed by atoms with Crippen LogP contribution in [0, 0.1) is 0 Å². The highest BCUT2D eigenvalue weighted by molar-refractivity contribution is 5.93. The third-order valence-corrected chi connectivity index (χ3v) is 4.10. The minimum absolute atomic E-state index is 0.114. The Kier molecular flexibility index (Phi) is 6.41. The standard InChI is InChI=1S/C23H22N2O3/c1-17(26)24-21(18-10-4-2-5-11-18)16-23(27)25-20-14-8-9-15-22(20)28-19-12-6-3-7-13-19/h2-15,21H,16H2,1H3,(H,24,26)(H,25,27)/t21-/m0/s1. The maximum Gasteiger partial charge on any atom is 0.226 e. The van der Waals surface area contributed by atoms with E-state index in [1.165, 1.54) is 6.92 Å². The molecular weight excluding hydrogens is 352 g/mol. The molecule has 0 aliphatic carbocycles. The van der Waals surface area contributed by atoms with Crippen LogP contribution in [0.2, 0.25) is 0 Å². The molecule has 28 heavy (non-hydrogen) atoms. The van der Waals surface area contributed by atoms with Crippen molar-refractivity contribution in [1.82, 2.24) is 5.32 Å². The first kappa shape index (κ1) is 19.2. The zero-order chi connectivity index (χ0) is 19.8. The summed E-state index contributed by atoms with van der Waals surface area (Å²) in [6, 6.07) is 25.7. The average molecular weight is 374 g/mol. The van der Waals surface area contributed by atoms with Crippen molar-refractivity contribution >= 4 is 17.5 Å². The lowest BCUT2D eigenvalue weighted by molar-refractivity contribution is -0.120. The van der Waals surface area contributed by atoms with Crippen LogP contribution in [0.4, 0.5) is 5.69 Å². The smallest absolute Gasteiger partial charge is 0.226 e. The Morgan fingerprint density at radius 3 is 2.14 bits per heavy atom. The van der Waals surface area contributed by atoms with Crippen LogP contribution in [0.5, 0.6) is 11.5 Å². The van der Waals surface area contributed by atoms with Crippen LogP contribution in [0.15, 0.2) is 84.9 Å². The summed E-state index contributed by atoms with van der Waals surface area (Å²) in [5, 5.41) is 5.73. The third-order valence-electron chi connectivity index (χ3n) is 4.10. The van der Waals surface area contributed by atoms with Crippen LogP contribution >= 0.6 is 0 Å². The molecule has 0 aliphatic heterocycles. The fraction of sp³-hybridized carbons (Fsp3) is 0.130. The number of ether oxygens (including phenoxy) is 1. The van der Waals surface area contributed by atoms with Crippen molar-refractivity contribution in [2.24, 2.45) is 0 Å². The number of anilines is 1. The van der Waals surface area contributed by atoms with Crippen molar-refractivity contribution in [1.29, 1.82) is 0 Å². The molecule has 0 unspecified atom stereocenters. The number of nitrogens with one attached hydrogen (secondary N) is 2. The van der Waals surface area contributed by atoms with E-state index in [0.29, 0.717) is 17.2 Å². The van der Waals surface area contributed by atoms with Crippen LogP contribution in [0.1, 0.15) is 24.9 Å². The van der Waals surface area contributed by atoms with Gasteiger partial charge < -0.3 is 15.4 Å². The van der Waals surface area contributed by atoms with Crippen molar-refractivity contribution in [3.05, 3.63) is 90.5 Å². The highest BCUT2D eigenvalue weighted by Crippen LogP contribution is 2.29. The zero-order valence-corrected chi connectivity index (χ0v) is 15.6. The molecule has 0 fully saturated rings. The Bertz CT molecular complexity index is 927. The van der Waals surface area contributed by atoms with Gasteiger partial charge in [0, 0.05) is 6.92 Å². The third kappa shape index (κ3) is 5.45. The molecule has 0 heterocycles. The molecule has 3 aromatic carbocycles. The van der Waals surface area contributed by atoms with E-state index < -0.39 is 6.04 Å². The Morgan fingerprint density at radius 2 is 1.46 bits per heavy atom. The molecule has 1 atom stereocenters. The van der Waals surface area contributed by atoms with Crippen LogP contribution in [0.25, 0.3) is 0 Å². The molecule has 2 N–H and O–H groups in total. The van der Waals surface area contributed by atoms with Gasteiger partial charge in [-0.1, -0.05) is 60.7 Å². The lowest BCUT2D eigenvalue weighted by Gasteiger charge is -2.19. The minimum atomic E-state index is -0.402. The first-order valence-corrected chi connectivity index (χ1v) is 9.05. The lowest BCUT2D eigenvalue weighted by atomic mass is 10.0. The van der Waals surface area contributed by atoms with Crippen LogP contribution in [-0.2, 0) is 9.59 Å². The van der Waals surface area contributed by atoms with E-state index in [2.05, 4.69) is 10.6 Å². The lowest BCUT2D eigenvalue weighted by Crippen LogP contribution is -2.29. The van der Waals surface area contributed by atoms with Crippen molar-refractivity contribution in [2.45, 2.75) is 19.4 Å². The van der Waals surface area contributed by atoms with E-state index in [1.807, 2.05) is 72.8 Å². The maximum absolute atomic E-state index is 12.7.